The molecule has 1 saturated heterocycles. The largest absolute Gasteiger partial charge is 0.294 e. The average Bonchev–Trinajstić information content (AvgIpc) is 2.10. The Bertz CT molecular complexity index is 116. The fourth-order valence-electron chi connectivity index (χ4n) is 1.37. The van der Waals surface area contributed by atoms with Crippen LogP contribution in [0.2, 0.25) is 0 Å². The second kappa shape index (κ2) is 3.43. The van der Waals surface area contributed by atoms with Gasteiger partial charge in [0.15, 0.2) is 0 Å². The van der Waals surface area contributed by atoms with Gasteiger partial charge in [-0.1, -0.05) is 6.92 Å². The zero-order valence-electron chi connectivity index (χ0n) is 6.43. The topological polar surface area (TPSA) is 3.24 Å². The van der Waals surface area contributed by atoms with E-state index in [0.29, 0.717) is 6.54 Å². The molecule has 2 atom stereocenters. The summed E-state index contributed by atoms with van der Waals surface area (Å²) in [6.45, 7) is 2.10. The molecule has 66 valence electrons. The van der Waals surface area contributed by atoms with E-state index in [0.717, 1.165) is 0 Å². The first-order valence-electron chi connectivity index (χ1n) is 3.74. The van der Waals surface area contributed by atoms with Crippen molar-refractivity contribution >= 4 is 0 Å². The van der Waals surface area contributed by atoms with E-state index in [9.17, 15) is 13.2 Å². The van der Waals surface area contributed by atoms with Crippen LogP contribution in [0.5, 0.6) is 0 Å². The third-order valence-electron chi connectivity index (χ3n) is 1.99. The Balaban J connectivity index is 2.29. The normalized spacial score (nSPS) is 33.5. The summed E-state index contributed by atoms with van der Waals surface area (Å²) in [5.74, 6) is -0.0891. The van der Waals surface area contributed by atoms with Crippen LogP contribution < -0.4 is 0 Å². The third kappa shape index (κ3) is 2.36. The molecule has 1 nitrogen and oxygen atoms in total. The minimum atomic E-state index is -2.34. The number of alkyl halides is 3. The highest BCUT2D eigenvalue weighted by Gasteiger charge is 2.30. The Morgan fingerprint density at radius 2 is 2.09 bits per heavy atom. The molecule has 0 radical (unpaired) electrons. The molecule has 4 heteroatoms. The SMILES string of the molecule is CC1CN(CC(F)F)CC1F. The molecule has 1 fully saturated rings. The minimum Gasteiger partial charge on any atom is -0.294 e. The lowest BCUT2D eigenvalue weighted by Crippen LogP contribution is -2.26. The van der Waals surface area contributed by atoms with E-state index in [4.69, 9.17) is 0 Å². The smallest absolute Gasteiger partial charge is 0.251 e. The van der Waals surface area contributed by atoms with Gasteiger partial charge in [0.25, 0.3) is 6.43 Å². The monoisotopic (exact) mass is 167 g/mol. The Labute approximate surface area is 64.2 Å². The summed E-state index contributed by atoms with van der Waals surface area (Å²) in [4.78, 5) is 1.47. The summed E-state index contributed by atoms with van der Waals surface area (Å²) >= 11 is 0. The molecule has 0 aromatic carbocycles. The Morgan fingerprint density at radius 1 is 1.45 bits per heavy atom. The first kappa shape index (κ1) is 8.84. The molecule has 1 heterocycles. The highest BCUT2D eigenvalue weighted by atomic mass is 19.3. The van der Waals surface area contributed by atoms with Gasteiger partial charge in [-0.3, -0.25) is 4.90 Å². The van der Waals surface area contributed by atoms with Crippen molar-refractivity contribution in [3.05, 3.63) is 0 Å². The molecule has 1 rings (SSSR count). The van der Waals surface area contributed by atoms with Gasteiger partial charge in [0.1, 0.15) is 6.17 Å². The maximum atomic E-state index is 12.7. The van der Waals surface area contributed by atoms with Gasteiger partial charge in [0.2, 0.25) is 0 Å². The predicted octanol–water partition coefficient (Wildman–Crippen LogP) is 1.54. The maximum absolute atomic E-state index is 12.7. The number of hydrogen-bond donors (Lipinski definition) is 0. The van der Waals surface area contributed by atoms with Crippen molar-refractivity contribution < 1.29 is 13.2 Å². The third-order valence-corrected chi connectivity index (χ3v) is 1.99. The molecule has 0 spiro atoms. The van der Waals surface area contributed by atoms with E-state index in [1.54, 1.807) is 6.92 Å². The van der Waals surface area contributed by atoms with E-state index < -0.39 is 12.6 Å². The van der Waals surface area contributed by atoms with E-state index in [1.165, 1.54) is 4.90 Å². The van der Waals surface area contributed by atoms with E-state index in [-0.39, 0.29) is 19.0 Å². The fraction of sp³-hybridized carbons (Fsp3) is 1.00. The highest BCUT2D eigenvalue weighted by molar-refractivity contribution is 4.81. The molecular weight excluding hydrogens is 155 g/mol. The number of hydrogen-bond acceptors (Lipinski definition) is 1. The number of halogens is 3. The lowest BCUT2D eigenvalue weighted by Gasteiger charge is -2.12. The van der Waals surface area contributed by atoms with Gasteiger partial charge in [0.05, 0.1) is 6.54 Å². The maximum Gasteiger partial charge on any atom is 0.251 e. The van der Waals surface area contributed by atoms with Crippen molar-refractivity contribution in [1.29, 1.82) is 0 Å². The van der Waals surface area contributed by atoms with Crippen LogP contribution >= 0.6 is 0 Å². The molecule has 0 aliphatic carbocycles. The quantitative estimate of drug-likeness (QED) is 0.603. The van der Waals surface area contributed by atoms with Crippen LogP contribution in [0.4, 0.5) is 13.2 Å². The van der Waals surface area contributed by atoms with Gasteiger partial charge < -0.3 is 0 Å². The van der Waals surface area contributed by atoms with Gasteiger partial charge >= 0.3 is 0 Å². The van der Waals surface area contributed by atoms with Crippen molar-refractivity contribution in [3.8, 4) is 0 Å². The molecule has 0 aromatic heterocycles. The van der Waals surface area contributed by atoms with Crippen molar-refractivity contribution in [1.82, 2.24) is 4.90 Å². The molecule has 0 N–H and O–H groups in total. The van der Waals surface area contributed by atoms with Gasteiger partial charge in [-0.2, -0.15) is 0 Å². The van der Waals surface area contributed by atoms with E-state index >= 15 is 0 Å². The van der Waals surface area contributed by atoms with E-state index in [2.05, 4.69) is 0 Å². The Morgan fingerprint density at radius 3 is 2.45 bits per heavy atom. The molecular formula is C7H12F3N. The van der Waals surface area contributed by atoms with Gasteiger partial charge in [-0.25, -0.2) is 13.2 Å². The molecule has 1 aliphatic rings. The van der Waals surface area contributed by atoms with Gasteiger partial charge in [-0.15, -0.1) is 0 Å². The summed E-state index contributed by atoms with van der Waals surface area (Å²) in [7, 11) is 0. The minimum absolute atomic E-state index is 0.0891. The second-order valence-electron chi connectivity index (χ2n) is 3.10. The number of likely N-dealkylation sites (tertiary alicyclic amines) is 1. The molecule has 0 aromatic rings. The van der Waals surface area contributed by atoms with Crippen molar-refractivity contribution in [2.24, 2.45) is 5.92 Å². The van der Waals surface area contributed by atoms with Gasteiger partial charge in [-0.05, 0) is 0 Å². The van der Waals surface area contributed by atoms with Crippen LogP contribution in [0, 0.1) is 5.92 Å². The van der Waals surface area contributed by atoms with E-state index in [1.807, 2.05) is 0 Å². The van der Waals surface area contributed by atoms with Crippen LogP contribution in [0.3, 0.4) is 0 Å². The first-order chi connectivity index (χ1) is 5.09. The average molecular weight is 167 g/mol. The molecule has 0 saturated carbocycles. The van der Waals surface area contributed by atoms with Crippen LogP contribution in [0.25, 0.3) is 0 Å². The summed E-state index contributed by atoms with van der Waals surface area (Å²) in [5.41, 5.74) is 0. The summed E-state index contributed by atoms with van der Waals surface area (Å²) < 4.78 is 36.3. The van der Waals surface area contributed by atoms with Crippen LogP contribution in [0.15, 0.2) is 0 Å². The van der Waals surface area contributed by atoms with Gasteiger partial charge in [0, 0.05) is 19.0 Å². The molecule has 0 amide bonds. The second-order valence-corrected chi connectivity index (χ2v) is 3.10. The lowest BCUT2D eigenvalue weighted by atomic mass is 10.1. The van der Waals surface area contributed by atoms with Crippen molar-refractivity contribution in [2.75, 3.05) is 19.6 Å². The fourth-order valence-corrected chi connectivity index (χ4v) is 1.37. The standard InChI is InChI=1S/C7H12F3N/c1-5-2-11(3-6(5)8)4-7(9)10/h5-7H,2-4H2,1H3. The Kier molecular flexibility index (Phi) is 2.76. The van der Waals surface area contributed by atoms with Crippen LogP contribution in [-0.2, 0) is 0 Å². The van der Waals surface area contributed by atoms with Crippen LogP contribution in [-0.4, -0.2) is 37.1 Å². The van der Waals surface area contributed by atoms with Crippen molar-refractivity contribution in [3.63, 3.8) is 0 Å². The predicted molar refractivity (Wildman–Crippen MR) is 36.5 cm³/mol. The number of rotatable bonds is 2. The molecule has 0 bridgehead atoms. The summed E-state index contributed by atoms with van der Waals surface area (Å²) in [6, 6.07) is 0. The van der Waals surface area contributed by atoms with Crippen LogP contribution in [0.1, 0.15) is 6.92 Å². The number of nitrogens with zero attached hydrogens (tertiary/aromatic N) is 1. The summed E-state index contributed by atoms with van der Waals surface area (Å²) in [5, 5.41) is 0. The zero-order valence-corrected chi connectivity index (χ0v) is 6.43. The lowest BCUT2D eigenvalue weighted by molar-refractivity contribution is 0.0962. The zero-order chi connectivity index (χ0) is 8.43. The Hall–Kier alpha value is -0.250. The first-order valence-corrected chi connectivity index (χ1v) is 3.74. The highest BCUT2D eigenvalue weighted by Crippen LogP contribution is 2.19. The van der Waals surface area contributed by atoms with Crippen molar-refractivity contribution in [2.45, 2.75) is 19.5 Å². The molecule has 2 unspecified atom stereocenters. The molecule has 1 aliphatic heterocycles. The summed E-state index contributed by atoms with van der Waals surface area (Å²) in [6.07, 6.45) is -3.26. The molecule has 11 heavy (non-hydrogen) atoms.